The zero-order chi connectivity index (χ0) is 9.30. The summed E-state index contributed by atoms with van der Waals surface area (Å²) in [6.07, 6.45) is 0. The van der Waals surface area contributed by atoms with Crippen molar-refractivity contribution >= 4 is 25.3 Å². The van der Waals surface area contributed by atoms with E-state index in [-0.39, 0.29) is 5.25 Å². The summed E-state index contributed by atoms with van der Waals surface area (Å²) < 4.78 is 5.12. The van der Waals surface area contributed by atoms with Crippen LogP contribution in [-0.2, 0) is 0 Å². The Kier molecular flexibility index (Phi) is 3.12. The highest BCUT2D eigenvalue weighted by Crippen LogP contribution is 2.31. The molecule has 4 heteroatoms. The molecule has 0 saturated heterocycles. The standard InChI is InChI=1S/C8H13NOS2/c1-4(2)6-8(12)7(5(3)11)10-9-6/h4-5,11-12H,1-3H3. The van der Waals surface area contributed by atoms with Crippen LogP contribution < -0.4 is 0 Å². The first-order valence-corrected chi connectivity index (χ1v) is 4.87. The highest BCUT2D eigenvalue weighted by Gasteiger charge is 2.17. The molecule has 12 heavy (non-hydrogen) atoms. The molecule has 1 atom stereocenters. The molecule has 0 fully saturated rings. The van der Waals surface area contributed by atoms with E-state index >= 15 is 0 Å². The Morgan fingerprint density at radius 2 is 1.92 bits per heavy atom. The first kappa shape index (κ1) is 9.99. The van der Waals surface area contributed by atoms with Gasteiger partial charge in [-0.15, -0.1) is 12.6 Å². The van der Waals surface area contributed by atoms with E-state index in [2.05, 4.69) is 44.3 Å². The second-order valence-corrected chi connectivity index (χ2v) is 4.33. The lowest BCUT2D eigenvalue weighted by molar-refractivity contribution is 0.375. The Hall–Kier alpha value is -0.0900. The number of hydrogen-bond acceptors (Lipinski definition) is 4. The van der Waals surface area contributed by atoms with E-state index in [0.717, 1.165) is 16.3 Å². The van der Waals surface area contributed by atoms with Gasteiger partial charge in [0.05, 0.1) is 15.8 Å². The first-order chi connectivity index (χ1) is 5.54. The summed E-state index contributed by atoms with van der Waals surface area (Å²) in [4.78, 5) is 0.840. The van der Waals surface area contributed by atoms with Gasteiger partial charge in [-0.1, -0.05) is 19.0 Å². The average molecular weight is 203 g/mol. The van der Waals surface area contributed by atoms with Crippen LogP contribution in [0.15, 0.2) is 9.42 Å². The zero-order valence-corrected chi connectivity index (χ0v) is 9.19. The third-order valence-electron chi connectivity index (χ3n) is 1.64. The third-order valence-corrected chi connectivity index (χ3v) is 2.33. The minimum Gasteiger partial charge on any atom is -0.359 e. The van der Waals surface area contributed by atoms with Gasteiger partial charge in [-0.25, -0.2) is 0 Å². The highest BCUT2D eigenvalue weighted by molar-refractivity contribution is 7.81. The summed E-state index contributed by atoms with van der Waals surface area (Å²) in [6.45, 7) is 6.06. The van der Waals surface area contributed by atoms with Crippen molar-refractivity contribution in [3.63, 3.8) is 0 Å². The lowest BCUT2D eigenvalue weighted by Crippen LogP contribution is -1.88. The van der Waals surface area contributed by atoms with Gasteiger partial charge in [0.15, 0.2) is 5.76 Å². The predicted octanol–water partition coefficient (Wildman–Crippen LogP) is 3.08. The van der Waals surface area contributed by atoms with Crippen LogP contribution in [0.1, 0.15) is 43.4 Å². The van der Waals surface area contributed by atoms with Crippen molar-refractivity contribution in [2.24, 2.45) is 0 Å². The van der Waals surface area contributed by atoms with Crippen molar-refractivity contribution in [3.05, 3.63) is 11.5 Å². The van der Waals surface area contributed by atoms with E-state index in [9.17, 15) is 0 Å². The normalized spacial score (nSPS) is 13.8. The molecule has 1 heterocycles. The van der Waals surface area contributed by atoms with Gasteiger partial charge >= 0.3 is 0 Å². The molecular formula is C8H13NOS2. The molecule has 0 bridgehead atoms. The second-order valence-electron chi connectivity index (χ2n) is 3.11. The fraction of sp³-hybridized carbons (Fsp3) is 0.625. The van der Waals surface area contributed by atoms with E-state index in [1.54, 1.807) is 0 Å². The minimum absolute atomic E-state index is 0.0532. The maximum absolute atomic E-state index is 5.12. The SMILES string of the molecule is CC(C)c1noc(C(C)S)c1S. The lowest BCUT2D eigenvalue weighted by atomic mass is 10.1. The van der Waals surface area contributed by atoms with Crippen LogP contribution in [0.5, 0.6) is 0 Å². The Morgan fingerprint density at radius 3 is 2.17 bits per heavy atom. The quantitative estimate of drug-likeness (QED) is 0.722. The molecule has 0 aromatic carbocycles. The van der Waals surface area contributed by atoms with Gasteiger partial charge in [0.2, 0.25) is 0 Å². The molecule has 0 aliphatic heterocycles. The number of nitrogens with zero attached hydrogens (tertiary/aromatic N) is 1. The zero-order valence-electron chi connectivity index (χ0n) is 7.40. The average Bonchev–Trinajstić information content (AvgIpc) is 2.30. The van der Waals surface area contributed by atoms with Gasteiger partial charge in [-0.3, -0.25) is 0 Å². The van der Waals surface area contributed by atoms with E-state index in [1.807, 2.05) is 6.92 Å². The van der Waals surface area contributed by atoms with Crippen molar-refractivity contribution in [3.8, 4) is 0 Å². The molecule has 0 saturated carbocycles. The van der Waals surface area contributed by atoms with Crippen LogP contribution in [0.4, 0.5) is 0 Å². The van der Waals surface area contributed by atoms with Crippen molar-refractivity contribution in [1.82, 2.24) is 5.16 Å². The molecule has 68 valence electrons. The number of hydrogen-bond donors (Lipinski definition) is 2. The minimum atomic E-state index is 0.0532. The third kappa shape index (κ3) is 1.80. The molecular weight excluding hydrogens is 190 g/mol. The molecule has 0 amide bonds. The van der Waals surface area contributed by atoms with Crippen LogP contribution >= 0.6 is 25.3 Å². The molecule has 0 radical (unpaired) electrons. The molecule has 1 unspecified atom stereocenters. The van der Waals surface area contributed by atoms with E-state index in [0.29, 0.717) is 5.92 Å². The van der Waals surface area contributed by atoms with Crippen molar-refractivity contribution in [1.29, 1.82) is 0 Å². The Morgan fingerprint density at radius 1 is 1.33 bits per heavy atom. The number of aromatic nitrogens is 1. The molecule has 1 aromatic heterocycles. The monoisotopic (exact) mass is 203 g/mol. The van der Waals surface area contributed by atoms with E-state index < -0.39 is 0 Å². The molecule has 0 aliphatic carbocycles. The van der Waals surface area contributed by atoms with Gasteiger partial charge in [0, 0.05) is 5.92 Å². The van der Waals surface area contributed by atoms with Crippen LogP contribution in [-0.4, -0.2) is 5.16 Å². The van der Waals surface area contributed by atoms with Gasteiger partial charge in [0.25, 0.3) is 0 Å². The highest BCUT2D eigenvalue weighted by atomic mass is 32.1. The summed E-state index contributed by atoms with van der Waals surface area (Å²) in [6, 6.07) is 0. The number of thiol groups is 2. The topological polar surface area (TPSA) is 26.0 Å². The Bertz CT molecular complexity index is 243. The van der Waals surface area contributed by atoms with Gasteiger partial charge in [-0.2, -0.15) is 12.6 Å². The van der Waals surface area contributed by atoms with Crippen LogP contribution in [0.25, 0.3) is 0 Å². The van der Waals surface area contributed by atoms with Crippen molar-refractivity contribution in [2.45, 2.75) is 36.8 Å². The van der Waals surface area contributed by atoms with Crippen molar-refractivity contribution < 1.29 is 4.52 Å². The Balaban J connectivity index is 3.04. The first-order valence-electron chi connectivity index (χ1n) is 3.90. The Labute approximate surface area is 83.5 Å². The molecule has 1 aromatic rings. The molecule has 2 nitrogen and oxygen atoms in total. The smallest absolute Gasteiger partial charge is 0.162 e. The molecule has 0 N–H and O–H groups in total. The van der Waals surface area contributed by atoms with Gasteiger partial charge in [-0.05, 0) is 6.92 Å². The summed E-state index contributed by atoms with van der Waals surface area (Å²) in [5.41, 5.74) is 0.911. The van der Waals surface area contributed by atoms with Crippen molar-refractivity contribution in [2.75, 3.05) is 0 Å². The molecule has 1 rings (SSSR count). The summed E-state index contributed by atoms with van der Waals surface area (Å²) in [5.74, 6) is 1.10. The summed E-state index contributed by atoms with van der Waals surface area (Å²) >= 11 is 8.59. The van der Waals surface area contributed by atoms with Crippen LogP contribution in [0.2, 0.25) is 0 Å². The maximum Gasteiger partial charge on any atom is 0.162 e. The van der Waals surface area contributed by atoms with Gasteiger partial charge < -0.3 is 4.52 Å². The maximum atomic E-state index is 5.12. The fourth-order valence-electron chi connectivity index (χ4n) is 0.964. The fourth-order valence-corrected chi connectivity index (χ4v) is 1.78. The van der Waals surface area contributed by atoms with E-state index in [1.165, 1.54) is 0 Å². The molecule has 0 aliphatic rings. The largest absolute Gasteiger partial charge is 0.359 e. The summed E-state index contributed by atoms with van der Waals surface area (Å²) in [5, 5.41) is 3.99. The van der Waals surface area contributed by atoms with Crippen LogP contribution in [0.3, 0.4) is 0 Å². The molecule has 0 spiro atoms. The van der Waals surface area contributed by atoms with Gasteiger partial charge in [0.1, 0.15) is 0 Å². The van der Waals surface area contributed by atoms with E-state index in [4.69, 9.17) is 4.52 Å². The second kappa shape index (κ2) is 3.75. The summed E-state index contributed by atoms with van der Waals surface area (Å²) in [7, 11) is 0. The lowest BCUT2D eigenvalue weighted by Gasteiger charge is -2.00. The van der Waals surface area contributed by atoms with Crippen LogP contribution in [0, 0.1) is 0 Å². The number of rotatable bonds is 2. The predicted molar refractivity (Wildman–Crippen MR) is 55.2 cm³/mol.